The molecular weight excluding hydrogens is 583 g/mol. The first kappa shape index (κ1) is 32.1. The monoisotopic (exact) mass is 621 g/mol. The Kier molecular flexibility index (Phi) is 12.1. The van der Waals surface area contributed by atoms with Crippen LogP contribution in [-0.4, -0.2) is 73.0 Å². The second-order valence-electron chi connectivity index (χ2n) is 10.7. The van der Waals surface area contributed by atoms with E-state index < -0.39 is 12.2 Å². The molecule has 43 heavy (non-hydrogen) atoms. The van der Waals surface area contributed by atoms with Gasteiger partial charge in [-0.2, -0.15) is 0 Å². The zero-order valence-corrected chi connectivity index (χ0v) is 26.7. The Balaban J connectivity index is 1.73. The van der Waals surface area contributed by atoms with Gasteiger partial charge >= 0.3 is 12.2 Å². The molecule has 228 valence electrons. The summed E-state index contributed by atoms with van der Waals surface area (Å²) in [5.74, 6) is 0.333. The Morgan fingerprint density at radius 1 is 0.698 bits per heavy atom. The van der Waals surface area contributed by atoms with Crippen molar-refractivity contribution in [3.05, 3.63) is 95.2 Å². The van der Waals surface area contributed by atoms with Crippen molar-refractivity contribution >= 4 is 44.9 Å². The summed E-state index contributed by atoms with van der Waals surface area (Å²) in [5.41, 5.74) is 5.65. The first-order chi connectivity index (χ1) is 20.9. The molecule has 2 amide bonds. The standard InChI is InChI=1S/C32H39N5O4S2/c1-24(2)19-35(20-27(15-25-11-7-5-8-12-25)36(31(38)40-3)29-17-33-22-42-29)21-28(16-26-13-9-6-10-14-26)37(32(39)41-4)30-18-34-23-43-30/h5-14,17-18,22-24,27-28H,15-16,19-21H2,1-4H3/t27-,28-/m0/s1. The lowest BCUT2D eigenvalue weighted by Gasteiger charge is -2.38. The van der Waals surface area contributed by atoms with Crippen molar-refractivity contribution in [1.82, 2.24) is 14.9 Å². The fourth-order valence-corrected chi connectivity index (χ4v) is 6.65. The number of rotatable bonds is 14. The number of anilines is 2. The van der Waals surface area contributed by atoms with Crippen molar-refractivity contribution in [1.29, 1.82) is 0 Å². The zero-order chi connectivity index (χ0) is 30.6. The van der Waals surface area contributed by atoms with Crippen LogP contribution in [0.4, 0.5) is 19.6 Å². The number of carbonyl (C=O) groups is 2. The lowest BCUT2D eigenvalue weighted by Crippen LogP contribution is -2.53. The Bertz CT molecular complexity index is 1270. The molecule has 0 unspecified atom stereocenters. The number of benzene rings is 2. The molecule has 0 N–H and O–H groups in total. The summed E-state index contributed by atoms with van der Waals surface area (Å²) < 4.78 is 10.6. The van der Waals surface area contributed by atoms with Crippen molar-refractivity contribution in [2.24, 2.45) is 5.92 Å². The molecule has 2 aromatic heterocycles. The van der Waals surface area contributed by atoms with Crippen molar-refractivity contribution < 1.29 is 19.1 Å². The second kappa shape index (κ2) is 16.2. The maximum Gasteiger partial charge on any atom is 0.415 e. The highest BCUT2D eigenvalue weighted by Gasteiger charge is 2.33. The van der Waals surface area contributed by atoms with E-state index in [1.165, 1.54) is 36.9 Å². The number of amides is 2. The fourth-order valence-electron chi connectivity index (χ4n) is 5.27. The molecule has 0 aliphatic rings. The summed E-state index contributed by atoms with van der Waals surface area (Å²) in [6.45, 7) is 6.19. The molecule has 9 nitrogen and oxygen atoms in total. The fraction of sp³-hybridized carbons (Fsp3) is 0.375. The number of carbonyl (C=O) groups excluding carboxylic acids is 2. The van der Waals surface area contributed by atoms with Gasteiger partial charge in [0.25, 0.3) is 0 Å². The molecule has 2 heterocycles. The molecule has 0 fully saturated rings. The lowest BCUT2D eigenvalue weighted by molar-refractivity contribution is 0.163. The summed E-state index contributed by atoms with van der Waals surface area (Å²) in [6, 6.07) is 19.8. The first-order valence-electron chi connectivity index (χ1n) is 14.2. The van der Waals surface area contributed by atoms with Gasteiger partial charge < -0.3 is 9.47 Å². The summed E-state index contributed by atoms with van der Waals surface area (Å²) in [4.78, 5) is 40.8. The van der Waals surface area contributed by atoms with E-state index in [1.54, 1.807) is 33.2 Å². The average molecular weight is 622 g/mol. The van der Waals surface area contributed by atoms with Gasteiger partial charge in [0, 0.05) is 19.6 Å². The van der Waals surface area contributed by atoms with Crippen molar-refractivity contribution in [2.75, 3.05) is 43.7 Å². The summed E-state index contributed by atoms with van der Waals surface area (Å²) >= 11 is 2.80. The third-order valence-corrected chi connectivity index (χ3v) is 8.52. The Morgan fingerprint density at radius 3 is 1.44 bits per heavy atom. The topological polar surface area (TPSA) is 88.1 Å². The number of methoxy groups -OCH3 is 2. The quantitative estimate of drug-likeness (QED) is 0.156. The maximum absolute atomic E-state index is 13.3. The molecule has 0 aliphatic carbocycles. The molecule has 4 aromatic rings. The third kappa shape index (κ3) is 9.09. The van der Waals surface area contributed by atoms with Gasteiger partial charge in [-0.1, -0.05) is 74.5 Å². The highest BCUT2D eigenvalue weighted by molar-refractivity contribution is 7.14. The lowest BCUT2D eigenvalue weighted by atomic mass is 10.0. The van der Waals surface area contributed by atoms with Crippen molar-refractivity contribution in [3.63, 3.8) is 0 Å². The van der Waals surface area contributed by atoms with Crippen LogP contribution in [0.1, 0.15) is 25.0 Å². The number of nitrogens with zero attached hydrogens (tertiary/aromatic N) is 5. The van der Waals surface area contributed by atoms with Crippen LogP contribution in [0.2, 0.25) is 0 Å². The summed E-state index contributed by atoms with van der Waals surface area (Å²) in [5, 5.41) is 1.44. The van der Waals surface area contributed by atoms with Gasteiger partial charge in [-0.05, 0) is 29.9 Å². The van der Waals surface area contributed by atoms with E-state index in [9.17, 15) is 9.59 Å². The highest BCUT2D eigenvalue weighted by Crippen LogP contribution is 2.28. The van der Waals surface area contributed by atoms with Gasteiger partial charge in [0.15, 0.2) is 0 Å². The van der Waals surface area contributed by atoms with Crippen LogP contribution >= 0.6 is 22.7 Å². The zero-order valence-electron chi connectivity index (χ0n) is 25.0. The van der Waals surface area contributed by atoms with E-state index in [0.29, 0.717) is 31.8 Å². The van der Waals surface area contributed by atoms with E-state index in [4.69, 9.17) is 9.47 Å². The van der Waals surface area contributed by atoms with Crippen LogP contribution in [0.3, 0.4) is 0 Å². The largest absolute Gasteiger partial charge is 0.452 e. The summed E-state index contributed by atoms with van der Waals surface area (Å²) in [6.07, 6.45) is 3.76. The minimum absolute atomic E-state index is 0.263. The molecule has 4 rings (SSSR count). The minimum atomic E-state index is -0.434. The van der Waals surface area contributed by atoms with Gasteiger partial charge in [0.2, 0.25) is 0 Å². The van der Waals surface area contributed by atoms with Crippen LogP contribution in [0.15, 0.2) is 84.1 Å². The molecule has 0 saturated heterocycles. The molecule has 11 heteroatoms. The number of ether oxygens (including phenoxy) is 2. The molecule has 0 aliphatic heterocycles. The highest BCUT2D eigenvalue weighted by atomic mass is 32.1. The van der Waals surface area contributed by atoms with Crippen LogP contribution in [0.5, 0.6) is 0 Å². The van der Waals surface area contributed by atoms with Crippen LogP contribution < -0.4 is 9.80 Å². The van der Waals surface area contributed by atoms with E-state index in [-0.39, 0.29) is 12.1 Å². The van der Waals surface area contributed by atoms with Gasteiger partial charge in [0.1, 0.15) is 10.0 Å². The Labute approximate surface area is 261 Å². The molecule has 0 radical (unpaired) electrons. The molecule has 0 bridgehead atoms. The number of hydrogen-bond acceptors (Lipinski definition) is 9. The van der Waals surface area contributed by atoms with Crippen molar-refractivity contribution in [2.45, 2.75) is 38.8 Å². The average Bonchev–Trinajstić information content (AvgIpc) is 3.73. The van der Waals surface area contributed by atoms with E-state index in [1.807, 2.05) is 36.4 Å². The number of aromatic nitrogens is 2. The van der Waals surface area contributed by atoms with Crippen LogP contribution in [0.25, 0.3) is 0 Å². The number of hydrogen-bond donors (Lipinski definition) is 0. The van der Waals surface area contributed by atoms with Gasteiger partial charge in [-0.25, -0.2) is 9.59 Å². The van der Waals surface area contributed by atoms with E-state index in [2.05, 4.69) is 53.0 Å². The Morgan fingerprint density at radius 2 is 1.12 bits per heavy atom. The van der Waals surface area contributed by atoms with Crippen LogP contribution in [-0.2, 0) is 22.3 Å². The Hall–Kier alpha value is -3.80. The van der Waals surface area contributed by atoms with Crippen LogP contribution in [0, 0.1) is 5.92 Å². The third-order valence-electron chi connectivity index (χ3n) is 6.98. The molecule has 2 aromatic carbocycles. The van der Waals surface area contributed by atoms with Gasteiger partial charge in [-0.3, -0.25) is 24.7 Å². The molecule has 0 spiro atoms. The van der Waals surface area contributed by atoms with E-state index >= 15 is 0 Å². The molecular formula is C32H39N5O4S2. The SMILES string of the molecule is COC(=O)N(c1cncs1)[C@@H](Cc1ccccc1)CN(CC(C)C)C[C@H](Cc1ccccc1)N(C(=O)OC)c1cncs1. The predicted molar refractivity (Wildman–Crippen MR) is 173 cm³/mol. The normalized spacial score (nSPS) is 12.6. The second-order valence-corrected chi connectivity index (χ2v) is 12.4. The van der Waals surface area contributed by atoms with Gasteiger partial charge in [-0.15, -0.1) is 22.7 Å². The maximum atomic E-state index is 13.3. The number of thiazole rings is 2. The van der Waals surface area contributed by atoms with Crippen molar-refractivity contribution in [3.8, 4) is 0 Å². The minimum Gasteiger partial charge on any atom is -0.452 e. The summed E-state index contributed by atoms with van der Waals surface area (Å²) in [7, 11) is 2.81. The molecule has 2 atom stereocenters. The van der Waals surface area contributed by atoms with E-state index in [0.717, 1.165) is 27.7 Å². The van der Waals surface area contributed by atoms with Gasteiger partial charge in [0.05, 0.1) is 49.7 Å². The smallest absolute Gasteiger partial charge is 0.415 e. The predicted octanol–water partition coefficient (Wildman–Crippen LogP) is 6.63. The first-order valence-corrected chi connectivity index (χ1v) is 16.0. The molecule has 0 saturated carbocycles.